The number of benzene rings is 2. The largest absolute Gasteiger partial charge is 0.454 e. The quantitative estimate of drug-likeness (QED) is 0.627. The molecule has 2 heterocycles. The lowest BCUT2D eigenvalue weighted by Crippen LogP contribution is -2.08. The van der Waals surface area contributed by atoms with Gasteiger partial charge in [-0.25, -0.2) is 0 Å². The first-order chi connectivity index (χ1) is 11.6. The van der Waals surface area contributed by atoms with Crippen molar-refractivity contribution in [1.82, 2.24) is 0 Å². The monoisotopic (exact) mass is 323 g/mol. The van der Waals surface area contributed by atoms with Crippen LogP contribution in [0.15, 0.2) is 46.6 Å². The van der Waals surface area contributed by atoms with Gasteiger partial charge in [0.1, 0.15) is 5.71 Å². The first-order valence-electron chi connectivity index (χ1n) is 7.41. The fourth-order valence-corrected chi connectivity index (χ4v) is 2.86. The van der Waals surface area contributed by atoms with Gasteiger partial charge in [-0.15, -0.1) is 5.10 Å². The zero-order valence-electron chi connectivity index (χ0n) is 12.9. The van der Waals surface area contributed by atoms with Crippen LogP contribution in [0.25, 0.3) is 0 Å². The molecule has 2 aromatic carbocycles. The highest BCUT2D eigenvalue weighted by atomic mass is 16.7. The molecule has 0 saturated heterocycles. The summed E-state index contributed by atoms with van der Waals surface area (Å²) in [6, 6.07) is 10.1. The Bertz CT molecular complexity index is 901. The number of nitro benzene ring substituents is 1. The molecule has 120 valence electrons. The maximum absolute atomic E-state index is 10.9. The highest BCUT2D eigenvalue weighted by Gasteiger charge is 2.27. The van der Waals surface area contributed by atoms with Gasteiger partial charge in [0.25, 0.3) is 5.69 Å². The molecule has 0 aromatic heterocycles. The summed E-state index contributed by atoms with van der Waals surface area (Å²) >= 11 is 0. The average molecular weight is 323 g/mol. The molecule has 0 spiro atoms. The standard InChI is InChI=1S/C17H13N3O4/c1-10-8-12-4-7-14-17(24-9-23-14)15(12)16(19-18-10)11-2-5-13(6-3-11)20(21)22/h2-7H,8-9H2,1H3. The Morgan fingerprint density at radius 3 is 2.62 bits per heavy atom. The van der Waals surface area contributed by atoms with E-state index in [1.165, 1.54) is 12.1 Å². The number of rotatable bonds is 2. The lowest BCUT2D eigenvalue weighted by atomic mass is 9.93. The summed E-state index contributed by atoms with van der Waals surface area (Å²) in [5, 5.41) is 19.5. The summed E-state index contributed by atoms with van der Waals surface area (Å²) in [5.74, 6) is 1.32. The third-order valence-corrected chi connectivity index (χ3v) is 3.98. The zero-order chi connectivity index (χ0) is 16.7. The van der Waals surface area contributed by atoms with Crippen LogP contribution >= 0.6 is 0 Å². The van der Waals surface area contributed by atoms with E-state index >= 15 is 0 Å². The van der Waals surface area contributed by atoms with Gasteiger partial charge < -0.3 is 9.47 Å². The molecular formula is C17H13N3O4. The Hall–Kier alpha value is -3.22. The molecule has 0 unspecified atom stereocenters. The highest BCUT2D eigenvalue weighted by molar-refractivity contribution is 6.17. The molecule has 4 rings (SSSR count). The van der Waals surface area contributed by atoms with Crippen molar-refractivity contribution in [2.75, 3.05) is 6.79 Å². The minimum absolute atomic E-state index is 0.0331. The molecule has 0 bridgehead atoms. The second kappa shape index (κ2) is 5.45. The molecule has 0 saturated carbocycles. The van der Waals surface area contributed by atoms with Crippen LogP contribution in [0.3, 0.4) is 0 Å². The van der Waals surface area contributed by atoms with Gasteiger partial charge in [-0.2, -0.15) is 5.10 Å². The summed E-state index contributed by atoms with van der Waals surface area (Å²) in [5.41, 5.74) is 4.15. The Balaban J connectivity index is 1.89. The molecule has 2 aromatic rings. The molecule has 24 heavy (non-hydrogen) atoms. The van der Waals surface area contributed by atoms with E-state index in [9.17, 15) is 10.1 Å². The van der Waals surface area contributed by atoms with Crippen molar-refractivity contribution in [3.8, 4) is 11.5 Å². The molecule has 0 radical (unpaired) electrons. The topological polar surface area (TPSA) is 86.3 Å². The van der Waals surface area contributed by atoms with Gasteiger partial charge in [-0.1, -0.05) is 6.07 Å². The Morgan fingerprint density at radius 2 is 1.88 bits per heavy atom. The van der Waals surface area contributed by atoms with Crippen LogP contribution in [0.2, 0.25) is 0 Å². The van der Waals surface area contributed by atoms with Crippen molar-refractivity contribution < 1.29 is 14.4 Å². The van der Waals surface area contributed by atoms with E-state index < -0.39 is 4.92 Å². The maximum Gasteiger partial charge on any atom is 0.269 e. The van der Waals surface area contributed by atoms with Gasteiger partial charge in [-0.05, 0) is 30.7 Å². The number of fused-ring (bicyclic) bond motifs is 3. The lowest BCUT2D eigenvalue weighted by molar-refractivity contribution is -0.384. The van der Waals surface area contributed by atoms with Crippen LogP contribution in [0, 0.1) is 10.1 Å². The van der Waals surface area contributed by atoms with Crippen LogP contribution in [0.1, 0.15) is 23.6 Å². The minimum Gasteiger partial charge on any atom is -0.454 e. The van der Waals surface area contributed by atoms with Gasteiger partial charge in [0.05, 0.1) is 10.5 Å². The fourth-order valence-electron chi connectivity index (χ4n) is 2.86. The summed E-state index contributed by atoms with van der Waals surface area (Å²) in [6.07, 6.45) is 0.659. The summed E-state index contributed by atoms with van der Waals surface area (Å²) < 4.78 is 11.1. The number of nitro groups is 1. The van der Waals surface area contributed by atoms with Gasteiger partial charge in [0.15, 0.2) is 11.5 Å². The van der Waals surface area contributed by atoms with E-state index in [4.69, 9.17) is 9.47 Å². The van der Waals surface area contributed by atoms with E-state index in [1.807, 2.05) is 19.1 Å². The van der Waals surface area contributed by atoms with Gasteiger partial charge in [0.2, 0.25) is 6.79 Å². The molecule has 0 fully saturated rings. The number of hydrogen-bond acceptors (Lipinski definition) is 6. The Morgan fingerprint density at radius 1 is 1.08 bits per heavy atom. The molecule has 0 amide bonds. The maximum atomic E-state index is 10.9. The van der Waals surface area contributed by atoms with E-state index in [1.54, 1.807) is 12.1 Å². The van der Waals surface area contributed by atoms with Gasteiger partial charge in [0, 0.05) is 29.8 Å². The SMILES string of the molecule is CC1=NN=C(c2ccc([N+](=O)[O-])cc2)c2c(ccc3c2OCO3)C1. The molecule has 2 aliphatic heterocycles. The summed E-state index contributed by atoms with van der Waals surface area (Å²) in [6.45, 7) is 2.08. The molecule has 2 aliphatic rings. The molecule has 0 aliphatic carbocycles. The third kappa shape index (κ3) is 2.30. The van der Waals surface area contributed by atoms with Crippen molar-refractivity contribution in [2.45, 2.75) is 13.3 Å². The molecule has 7 heteroatoms. The van der Waals surface area contributed by atoms with Crippen molar-refractivity contribution in [3.63, 3.8) is 0 Å². The Kier molecular flexibility index (Phi) is 3.26. The van der Waals surface area contributed by atoms with Gasteiger partial charge in [-0.3, -0.25) is 10.1 Å². The van der Waals surface area contributed by atoms with E-state index in [2.05, 4.69) is 10.2 Å². The van der Waals surface area contributed by atoms with Crippen LogP contribution in [0.4, 0.5) is 5.69 Å². The minimum atomic E-state index is -0.427. The summed E-state index contributed by atoms with van der Waals surface area (Å²) in [4.78, 5) is 10.4. The van der Waals surface area contributed by atoms with Crippen molar-refractivity contribution in [2.24, 2.45) is 10.2 Å². The smallest absolute Gasteiger partial charge is 0.269 e. The predicted octanol–water partition coefficient (Wildman–Crippen LogP) is 3.09. The molecule has 7 nitrogen and oxygen atoms in total. The number of non-ortho nitro benzene ring substituents is 1. The number of ether oxygens (including phenoxy) is 2. The molecule has 0 N–H and O–H groups in total. The van der Waals surface area contributed by atoms with Crippen LogP contribution in [-0.4, -0.2) is 23.1 Å². The van der Waals surface area contributed by atoms with Crippen molar-refractivity contribution in [1.29, 1.82) is 0 Å². The normalized spacial score (nSPS) is 15.2. The van der Waals surface area contributed by atoms with E-state index in [-0.39, 0.29) is 12.5 Å². The lowest BCUT2D eigenvalue weighted by Gasteiger charge is -2.12. The van der Waals surface area contributed by atoms with Crippen molar-refractivity contribution >= 4 is 17.1 Å². The average Bonchev–Trinajstić information content (AvgIpc) is 2.98. The second-order valence-electron chi connectivity index (χ2n) is 5.60. The van der Waals surface area contributed by atoms with Crippen molar-refractivity contribution in [3.05, 3.63) is 63.2 Å². The van der Waals surface area contributed by atoms with Crippen LogP contribution in [0.5, 0.6) is 11.5 Å². The Labute approximate surface area is 137 Å². The van der Waals surface area contributed by atoms with Gasteiger partial charge >= 0.3 is 0 Å². The zero-order valence-corrected chi connectivity index (χ0v) is 12.9. The first kappa shape index (κ1) is 14.4. The molecule has 0 atom stereocenters. The van der Waals surface area contributed by atoms with Crippen LogP contribution < -0.4 is 9.47 Å². The summed E-state index contributed by atoms with van der Waals surface area (Å²) in [7, 11) is 0. The third-order valence-electron chi connectivity index (χ3n) is 3.98. The highest BCUT2D eigenvalue weighted by Crippen LogP contribution is 2.40. The second-order valence-corrected chi connectivity index (χ2v) is 5.60. The number of nitrogens with zero attached hydrogens (tertiary/aromatic N) is 3. The predicted molar refractivity (Wildman–Crippen MR) is 88.1 cm³/mol. The van der Waals surface area contributed by atoms with E-state index in [0.29, 0.717) is 23.6 Å². The number of hydrogen-bond donors (Lipinski definition) is 0. The van der Waals surface area contributed by atoms with Crippen LogP contribution in [-0.2, 0) is 6.42 Å². The first-order valence-corrected chi connectivity index (χ1v) is 7.41. The molecular weight excluding hydrogens is 310 g/mol. The fraction of sp³-hybridized carbons (Fsp3) is 0.176. The van der Waals surface area contributed by atoms with E-state index in [0.717, 1.165) is 22.4 Å².